The number of piperidine rings is 1. The fourth-order valence-electron chi connectivity index (χ4n) is 4.61. The Balaban J connectivity index is 0.00000282. The number of nitrogens with two attached hydrogens (primary N) is 1. The summed E-state index contributed by atoms with van der Waals surface area (Å²) in [6.07, 6.45) is 1.41. The van der Waals surface area contributed by atoms with Crippen LogP contribution in [-0.4, -0.2) is 113 Å². The molecule has 2 amide bonds. The molecule has 15 heteroatoms. The van der Waals surface area contributed by atoms with Crippen molar-refractivity contribution < 1.29 is 23.5 Å². The number of carbonyl (C=O) groups is 2. The molecule has 1 aliphatic heterocycles. The Kier molecular flexibility index (Phi) is 17.2. The van der Waals surface area contributed by atoms with Crippen LogP contribution in [0.2, 0.25) is 0 Å². The SMILES string of the molecule is CC.CN(C)CCN(Sc1cccs1)c1cc(F)c2nc(NC(=O)C3CCN(CCNC(=O)COCCOCCN)CC3)sc2c1. The Morgan fingerprint density at radius 3 is 2.61 bits per heavy atom. The summed E-state index contributed by atoms with van der Waals surface area (Å²) in [7, 11) is 4.03. The normalized spacial score (nSPS) is 13.9. The van der Waals surface area contributed by atoms with Gasteiger partial charge in [0, 0.05) is 44.7 Å². The average Bonchev–Trinajstić information content (AvgIpc) is 3.72. The fourth-order valence-corrected chi connectivity index (χ4v) is 7.33. The number of anilines is 2. The third-order valence-corrected chi connectivity index (χ3v) is 9.99. The highest BCUT2D eigenvalue weighted by atomic mass is 32.2. The highest BCUT2D eigenvalue weighted by Gasteiger charge is 2.26. The molecule has 2 aromatic heterocycles. The highest BCUT2D eigenvalue weighted by Crippen LogP contribution is 2.37. The Morgan fingerprint density at radius 1 is 1.15 bits per heavy atom. The first kappa shape index (κ1) is 38.1. The molecule has 0 bridgehead atoms. The monoisotopic (exact) mass is 697 g/mol. The molecule has 3 heterocycles. The maximum Gasteiger partial charge on any atom is 0.246 e. The number of carbonyl (C=O) groups excluding carboxylic acids is 2. The molecule has 0 spiro atoms. The number of halogens is 1. The zero-order chi connectivity index (χ0) is 33.3. The molecule has 1 saturated heterocycles. The molecule has 1 aliphatic rings. The van der Waals surface area contributed by atoms with Gasteiger partial charge >= 0.3 is 0 Å². The van der Waals surface area contributed by atoms with Gasteiger partial charge in [0.2, 0.25) is 11.8 Å². The molecule has 256 valence electrons. The molecule has 46 heavy (non-hydrogen) atoms. The second-order valence-corrected chi connectivity index (χ2v) is 13.9. The number of rotatable bonds is 18. The number of thiazole rings is 1. The van der Waals surface area contributed by atoms with Crippen molar-refractivity contribution in [1.29, 1.82) is 0 Å². The first-order valence-corrected chi connectivity index (χ1v) is 18.2. The van der Waals surface area contributed by atoms with E-state index in [-0.39, 0.29) is 29.9 Å². The minimum Gasteiger partial charge on any atom is -0.378 e. The number of likely N-dealkylation sites (tertiary alicyclic amines) is 1. The van der Waals surface area contributed by atoms with Crippen LogP contribution < -0.4 is 20.7 Å². The number of likely N-dealkylation sites (N-methyl/N-ethyl adjacent to an activating group) is 1. The molecule has 1 fully saturated rings. The molecular formula is C31H48FN7O4S3. The smallest absolute Gasteiger partial charge is 0.246 e. The van der Waals surface area contributed by atoms with Crippen molar-refractivity contribution in [2.75, 3.05) is 96.0 Å². The van der Waals surface area contributed by atoms with Gasteiger partial charge in [-0.3, -0.25) is 9.59 Å². The van der Waals surface area contributed by atoms with Gasteiger partial charge < -0.3 is 39.9 Å². The van der Waals surface area contributed by atoms with E-state index < -0.39 is 5.82 Å². The highest BCUT2D eigenvalue weighted by molar-refractivity contribution is 8.02. The second-order valence-electron chi connectivity index (χ2n) is 10.6. The molecule has 0 radical (unpaired) electrons. The van der Waals surface area contributed by atoms with E-state index in [0.717, 1.165) is 29.5 Å². The Hall–Kier alpha value is -2.37. The summed E-state index contributed by atoms with van der Waals surface area (Å²) < 4.78 is 29.7. The minimum atomic E-state index is -0.403. The molecule has 4 N–H and O–H groups in total. The third kappa shape index (κ3) is 12.7. The number of hydrogen-bond donors (Lipinski definition) is 3. The zero-order valence-corrected chi connectivity index (χ0v) is 29.7. The first-order valence-electron chi connectivity index (χ1n) is 15.7. The number of nitrogens with zero attached hydrogens (tertiary/aromatic N) is 4. The van der Waals surface area contributed by atoms with E-state index in [1.807, 2.05) is 45.5 Å². The number of fused-ring (bicyclic) bond motifs is 1. The van der Waals surface area contributed by atoms with Crippen molar-refractivity contribution in [3.8, 4) is 0 Å². The number of thiophene rings is 1. The first-order chi connectivity index (χ1) is 22.3. The van der Waals surface area contributed by atoms with Crippen LogP contribution in [0.3, 0.4) is 0 Å². The molecule has 0 unspecified atom stereocenters. The molecular weight excluding hydrogens is 650 g/mol. The van der Waals surface area contributed by atoms with E-state index in [1.54, 1.807) is 23.3 Å². The van der Waals surface area contributed by atoms with Crippen molar-refractivity contribution >= 4 is 67.5 Å². The number of ether oxygens (including phenoxy) is 2. The summed E-state index contributed by atoms with van der Waals surface area (Å²) in [6, 6.07) is 7.53. The number of amides is 2. The van der Waals surface area contributed by atoms with Crippen LogP contribution in [0.1, 0.15) is 26.7 Å². The van der Waals surface area contributed by atoms with Crippen LogP contribution in [0.5, 0.6) is 0 Å². The van der Waals surface area contributed by atoms with Crippen LogP contribution in [0, 0.1) is 11.7 Å². The average molecular weight is 698 g/mol. The molecule has 0 aliphatic carbocycles. The summed E-state index contributed by atoms with van der Waals surface area (Å²) in [5.41, 5.74) is 6.38. The molecule has 0 saturated carbocycles. The summed E-state index contributed by atoms with van der Waals surface area (Å²) in [5, 5.41) is 8.23. The van der Waals surface area contributed by atoms with Gasteiger partial charge in [-0.25, -0.2) is 9.37 Å². The fraction of sp³-hybridized carbons (Fsp3) is 0.581. The lowest BCUT2D eigenvalue weighted by Gasteiger charge is -2.31. The van der Waals surface area contributed by atoms with Crippen LogP contribution in [0.15, 0.2) is 33.9 Å². The quantitative estimate of drug-likeness (QED) is 0.131. The van der Waals surface area contributed by atoms with Crippen molar-refractivity contribution in [3.63, 3.8) is 0 Å². The summed E-state index contributed by atoms with van der Waals surface area (Å²) >= 11 is 4.53. The van der Waals surface area contributed by atoms with Gasteiger partial charge in [-0.15, -0.1) is 11.3 Å². The predicted molar refractivity (Wildman–Crippen MR) is 188 cm³/mol. The maximum atomic E-state index is 15.2. The number of hydrogen-bond acceptors (Lipinski definition) is 12. The largest absolute Gasteiger partial charge is 0.378 e. The number of benzene rings is 1. The van der Waals surface area contributed by atoms with Gasteiger partial charge in [0.25, 0.3) is 0 Å². The maximum absolute atomic E-state index is 15.2. The van der Waals surface area contributed by atoms with Gasteiger partial charge in [0.1, 0.15) is 12.1 Å². The van der Waals surface area contributed by atoms with Crippen LogP contribution in [0.25, 0.3) is 10.2 Å². The van der Waals surface area contributed by atoms with Gasteiger partial charge in [-0.05, 0) is 69.5 Å². The third-order valence-electron chi connectivity index (χ3n) is 6.97. The second kappa shape index (κ2) is 20.8. The lowest BCUT2D eigenvalue weighted by molar-refractivity contribution is -0.126. The summed E-state index contributed by atoms with van der Waals surface area (Å²) in [5.74, 6) is -0.808. The van der Waals surface area contributed by atoms with Crippen LogP contribution in [0.4, 0.5) is 15.2 Å². The molecule has 11 nitrogen and oxygen atoms in total. The zero-order valence-electron chi connectivity index (χ0n) is 27.3. The van der Waals surface area contributed by atoms with Crippen molar-refractivity contribution in [2.45, 2.75) is 30.9 Å². The van der Waals surface area contributed by atoms with E-state index in [4.69, 9.17) is 15.2 Å². The lowest BCUT2D eigenvalue weighted by Crippen LogP contribution is -2.42. The van der Waals surface area contributed by atoms with Gasteiger partial charge in [0.05, 0.1) is 34.4 Å². The van der Waals surface area contributed by atoms with E-state index in [1.165, 1.54) is 17.4 Å². The van der Waals surface area contributed by atoms with Gasteiger partial charge in [-0.1, -0.05) is 31.3 Å². The van der Waals surface area contributed by atoms with Crippen LogP contribution >= 0.6 is 34.6 Å². The summed E-state index contributed by atoms with van der Waals surface area (Å²) in [6.45, 7) is 9.95. The van der Waals surface area contributed by atoms with Gasteiger partial charge in [-0.2, -0.15) is 0 Å². The Morgan fingerprint density at radius 2 is 1.91 bits per heavy atom. The van der Waals surface area contributed by atoms with Crippen molar-refractivity contribution in [2.24, 2.45) is 11.7 Å². The Labute approximate surface area is 284 Å². The molecule has 0 atom stereocenters. The predicted octanol–water partition coefficient (Wildman–Crippen LogP) is 4.36. The minimum absolute atomic E-state index is 0.00592. The van der Waals surface area contributed by atoms with Crippen molar-refractivity contribution in [1.82, 2.24) is 20.1 Å². The molecule has 3 aromatic rings. The number of nitrogens with one attached hydrogen (secondary N) is 2. The van der Waals surface area contributed by atoms with E-state index >= 15 is 4.39 Å². The number of aromatic nitrogens is 1. The molecule has 4 rings (SSSR count). The van der Waals surface area contributed by atoms with Crippen molar-refractivity contribution in [3.05, 3.63) is 35.5 Å². The lowest BCUT2D eigenvalue weighted by atomic mass is 9.96. The summed E-state index contributed by atoms with van der Waals surface area (Å²) in [4.78, 5) is 33.8. The standard InChI is InChI=1S/C29H42FN7O4S3.C2H6/c1-35(2)12-13-37(44-26-4-3-17-42-26)22-18-23(30)27-24(19-22)43-29(33-27)34-28(39)21-5-9-36(10-6-21)11-8-32-25(38)20-41-16-15-40-14-7-31;1-2/h3-4,17-19,21H,5-16,20,31H2,1-2H3,(H,32,38)(H,33,34,39);1-2H3. The van der Waals surface area contributed by atoms with Crippen LogP contribution in [-0.2, 0) is 19.1 Å². The van der Waals surface area contributed by atoms with E-state index in [9.17, 15) is 9.59 Å². The Bertz CT molecular complexity index is 1320. The van der Waals surface area contributed by atoms with Gasteiger partial charge in [0.15, 0.2) is 10.9 Å². The van der Waals surface area contributed by atoms with E-state index in [0.29, 0.717) is 68.7 Å². The topological polar surface area (TPSA) is 125 Å². The van der Waals surface area contributed by atoms with E-state index in [2.05, 4.69) is 35.8 Å². The molecule has 1 aromatic carbocycles.